The van der Waals surface area contributed by atoms with E-state index in [4.69, 9.17) is 16.3 Å². The summed E-state index contributed by atoms with van der Waals surface area (Å²) in [5.74, 6) is 0.311. The molecule has 1 aliphatic heterocycles. The molecule has 19 heavy (non-hydrogen) atoms. The van der Waals surface area contributed by atoms with Crippen LogP contribution in [0.3, 0.4) is 0 Å². The van der Waals surface area contributed by atoms with Gasteiger partial charge < -0.3 is 10.1 Å². The molecule has 1 heterocycles. The molecule has 0 spiro atoms. The van der Waals surface area contributed by atoms with Crippen molar-refractivity contribution in [2.45, 2.75) is 32.2 Å². The van der Waals surface area contributed by atoms with Crippen LogP contribution in [0, 0.1) is 11.7 Å². The fourth-order valence-corrected chi connectivity index (χ4v) is 2.75. The Morgan fingerprint density at radius 2 is 2.16 bits per heavy atom. The summed E-state index contributed by atoms with van der Waals surface area (Å²) in [6.45, 7) is 4.64. The Bertz CT molecular complexity index is 407. The van der Waals surface area contributed by atoms with Gasteiger partial charge in [0.1, 0.15) is 5.82 Å². The Morgan fingerprint density at radius 1 is 1.42 bits per heavy atom. The lowest BCUT2D eigenvalue weighted by molar-refractivity contribution is 0.0605. The van der Waals surface area contributed by atoms with Gasteiger partial charge in [0, 0.05) is 19.3 Å². The number of halogens is 2. The normalized spacial score (nSPS) is 18.5. The van der Waals surface area contributed by atoms with E-state index in [1.165, 1.54) is 0 Å². The van der Waals surface area contributed by atoms with E-state index >= 15 is 0 Å². The molecule has 1 atom stereocenters. The summed E-state index contributed by atoms with van der Waals surface area (Å²) in [6, 6.07) is 5.30. The fourth-order valence-electron chi connectivity index (χ4n) is 2.63. The van der Waals surface area contributed by atoms with Crippen molar-refractivity contribution in [1.29, 1.82) is 0 Å². The molecular formula is C15H21ClFNO. The maximum Gasteiger partial charge on any atom is 0.142 e. The molecular weight excluding hydrogens is 265 g/mol. The molecule has 1 unspecified atom stereocenters. The van der Waals surface area contributed by atoms with E-state index < -0.39 is 0 Å². The van der Waals surface area contributed by atoms with Gasteiger partial charge in [-0.05, 0) is 49.4 Å². The average molecular weight is 286 g/mol. The number of hydrogen-bond acceptors (Lipinski definition) is 2. The minimum absolute atomic E-state index is 0.185. The Morgan fingerprint density at radius 3 is 2.79 bits per heavy atom. The predicted octanol–water partition coefficient (Wildman–Crippen LogP) is 3.95. The summed E-state index contributed by atoms with van der Waals surface area (Å²) in [7, 11) is 0. The molecule has 1 aliphatic rings. The summed E-state index contributed by atoms with van der Waals surface area (Å²) in [5.41, 5.74) is 0.982. The van der Waals surface area contributed by atoms with Gasteiger partial charge in [-0.2, -0.15) is 0 Å². The van der Waals surface area contributed by atoms with Gasteiger partial charge in [-0.3, -0.25) is 0 Å². The van der Waals surface area contributed by atoms with E-state index in [1.54, 1.807) is 12.1 Å². The SMILES string of the molecule is CCNC(CC1CCOCC1)c1ccc(Cl)c(F)c1. The van der Waals surface area contributed by atoms with Crippen LogP contribution in [-0.2, 0) is 4.74 Å². The van der Waals surface area contributed by atoms with E-state index in [0.29, 0.717) is 5.92 Å². The third-order valence-electron chi connectivity index (χ3n) is 3.71. The lowest BCUT2D eigenvalue weighted by Crippen LogP contribution is -2.26. The average Bonchev–Trinajstić information content (AvgIpc) is 2.43. The molecule has 0 aliphatic carbocycles. The molecule has 2 nitrogen and oxygen atoms in total. The Kier molecular flexibility index (Phi) is 5.61. The minimum Gasteiger partial charge on any atom is -0.381 e. The van der Waals surface area contributed by atoms with E-state index in [9.17, 15) is 4.39 Å². The van der Waals surface area contributed by atoms with Crippen LogP contribution in [0.15, 0.2) is 18.2 Å². The summed E-state index contributed by atoms with van der Waals surface area (Å²) in [6.07, 6.45) is 3.22. The number of nitrogens with one attached hydrogen (secondary N) is 1. The highest BCUT2D eigenvalue weighted by molar-refractivity contribution is 6.30. The molecule has 0 amide bonds. The molecule has 2 rings (SSSR count). The molecule has 0 radical (unpaired) electrons. The molecule has 0 bridgehead atoms. The van der Waals surface area contributed by atoms with Crippen LogP contribution in [0.1, 0.15) is 37.8 Å². The lowest BCUT2D eigenvalue weighted by atomic mass is 9.89. The lowest BCUT2D eigenvalue weighted by Gasteiger charge is -2.27. The van der Waals surface area contributed by atoms with E-state index in [1.807, 2.05) is 6.07 Å². The second kappa shape index (κ2) is 7.22. The summed E-state index contributed by atoms with van der Waals surface area (Å²) in [4.78, 5) is 0. The molecule has 1 saturated heterocycles. The van der Waals surface area contributed by atoms with Crippen LogP contribution in [0.2, 0.25) is 5.02 Å². The van der Waals surface area contributed by atoms with Gasteiger partial charge in [-0.1, -0.05) is 24.6 Å². The summed E-state index contributed by atoms with van der Waals surface area (Å²) in [5, 5.41) is 3.63. The van der Waals surface area contributed by atoms with Crippen molar-refractivity contribution < 1.29 is 9.13 Å². The maximum absolute atomic E-state index is 13.6. The Labute approximate surface area is 119 Å². The van der Waals surface area contributed by atoms with E-state index in [2.05, 4.69) is 12.2 Å². The van der Waals surface area contributed by atoms with Crippen molar-refractivity contribution in [2.75, 3.05) is 19.8 Å². The van der Waals surface area contributed by atoms with Crippen molar-refractivity contribution in [2.24, 2.45) is 5.92 Å². The van der Waals surface area contributed by atoms with Gasteiger partial charge in [0.2, 0.25) is 0 Å². The van der Waals surface area contributed by atoms with Crippen LogP contribution in [-0.4, -0.2) is 19.8 Å². The quantitative estimate of drug-likeness (QED) is 0.884. The molecule has 1 N–H and O–H groups in total. The highest BCUT2D eigenvalue weighted by Crippen LogP contribution is 2.29. The molecule has 4 heteroatoms. The predicted molar refractivity (Wildman–Crippen MR) is 76.0 cm³/mol. The second-order valence-corrected chi connectivity index (χ2v) is 5.48. The summed E-state index contributed by atoms with van der Waals surface area (Å²) >= 11 is 5.74. The van der Waals surface area contributed by atoms with E-state index in [0.717, 1.165) is 44.6 Å². The third-order valence-corrected chi connectivity index (χ3v) is 4.01. The molecule has 106 valence electrons. The van der Waals surface area contributed by atoms with Crippen molar-refractivity contribution in [3.8, 4) is 0 Å². The Balaban J connectivity index is 2.07. The first-order valence-corrected chi connectivity index (χ1v) is 7.34. The van der Waals surface area contributed by atoms with E-state index in [-0.39, 0.29) is 16.9 Å². The van der Waals surface area contributed by atoms with Crippen LogP contribution in [0.4, 0.5) is 4.39 Å². The first-order valence-electron chi connectivity index (χ1n) is 6.96. The monoisotopic (exact) mass is 285 g/mol. The van der Waals surface area contributed by atoms with Gasteiger partial charge in [-0.15, -0.1) is 0 Å². The largest absolute Gasteiger partial charge is 0.381 e. The number of hydrogen-bond donors (Lipinski definition) is 1. The number of benzene rings is 1. The molecule has 1 fully saturated rings. The van der Waals surface area contributed by atoms with Crippen molar-refractivity contribution >= 4 is 11.6 Å². The van der Waals surface area contributed by atoms with Crippen molar-refractivity contribution in [3.05, 3.63) is 34.6 Å². The van der Waals surface area contributed by atoms with Gasteiger partial charge in [0.05, 0.1) is 5.02 Å². The molecule has 1 aromatic rings. The van der Waals surface area contributed by atoms with Gasteiger partial charge in [0.15, 0.2) is 0 Å². The van der Waals surface area contributed by atoms with Crippen LogP contribution in [0.25, 0.3) is 0 Å². The molecule has 0 saturated carbocycles. The van der Waals surface area contributed by atoms with Crippen molar-refractivity contribution in [1.82, 2.24) is 5.32 Å². The standard InChI is InChI=1S/C15H21ClFNO/c1-2-18-15(9-11-5-7-19-8-6-11)12-3-4-13(16)14(17)10-12/h3-4,10-11,15,18H,2,5-9H2,1H3. The highest BCUT2D eigenvalue weighted by Gasteiger charge is 2.20. The smallest absolute Gasteiger partial charge is 0.142 e. The zero-order valence-corrected chi connectivity index (χ0v) is 12.0. The molecule has 1 aromatic carbocycles. The van der Waals surface area contributed by atoms with Crippen molar-refractivity contribution in [3.63, 3.8) is 0 Å². The van der Waals surface area contributed by atoms with Gasteiger partial charge in [-0.25, -0.2) is 4.39 Å². The Hall–Kier alpha value is -0.640. The minimum atomic E-state index is -0.339. The van der Waals surface area contributed by atoms with Crippen LogP contribution < -0.4 is 5.32 Å². The molecule has 0 aromatic heterocycles. The highest BCUT2D eigenvalue weighted by atomic mass is 35.5. The second-order valence-electron chi connectivity index (χ2n) is 5.08. The van der Waals surface area contributed by atoms with Crippen LogP contribution in [0.5, 0.6) is 0 Å². The zero-order valence-electron chi connectivity index (χ0n) is 11.3. The maximum atomic E-state index is 13.6. The zero-order chi connectivity index (χ0) is 13.7. The van der Waals surface area contributed by atoms with Gasteiger partial charge in [0.25, 0.3) is 0 Å². The first kappa shape index (κ1) is 14.8. The third kappa shape index (κ3) is 4.16. The topological polar surface area (TPSA) is 21.3 Å². The van der Waals surface area contributed by atoms with Crippen LogP contribution >= 0.6 is 11.6 Å². The number of rotatable bonds is 5. The number of ether oxygens (including phenoxy) is 1. The fraction of sp³-hybridized carbons (Fsp3) is 0.600. The van der Waals surface area contributed by atoms with Gasteiger partial charge >= 0.3 is 0 Å². The first-order chi connectivity index (χ1) is 9.20. The summed E-state index contributed by atoms with van der Waals surface area (Å²) < 4.78 is 19.0.